The fraction of sp³-hybridized carbons (Fsp3) is 0.348. The van der Waals surface area contributed by atoms with Gasteiger partial charge in [-0.1, -0.05) is 30.3 Å². The van der Waals surface area contributed by atoms with E-state index < -0.39 is 5.60 Å². The first-order valence-electron chi connectivity index (χ1n) is 10.0. The summed E-state index contributed by atoms with van der Waals surface area (Å²) in [6.45, 7) is 0.493. The summed E-state index contributed by atoms with van der Waals surface area (Å²) in [6.07, 6.45) is 7.18. The van der Waals surface area contributed by atoms with Crippen molar-refractivity contribution in [1.82, 2.24) is 15.0 Å². The minimum absolute atomic E-state index is 0.493. The zero-order valence-electron chi connectivity index (χ0n) is 15.9. The van der Waals surface area contributed by atoms with Crippen molar-refractivity contribution in [2.75, 3.05) is 11.9 Å². The normalized spacial score (nSPS) is 20.5. The Hall–Kier alpha value is -2.79. The summed E-state index contributed by atoms with van der Waals surface area (Å²) in [5.41, 5.74) is 4.94. The van der Waals surface area contributed by atoms with E-state index in [0.29, 0.717) is 18.8 Å². The van der Waals surface area contributed by atoms with E-state index in [4.69, 9.17) is 9.97 Å². The van der Waals surface area contributed by atoms with Gasteiger partial charge in [-0.3, -0.25) is 4.98 Å². The van der Waals surface area contributed by atoms with E-state index >= 15 is 0 Å². The van der Waals surface area contributed by atoms with Crippen LogP contribution in [-0.4, -0.2) is 32.2 Å². The lowest BCUT2D eigenvalue weighted by Crippen LogP contribution is -2.42. The highest BCUT2D eigenvalue weighted by molar-refractivity contribution is 5.58. The van der Waals surface area contributed by atoms with Crippen LogP contribution in [0, 0.1) is 0 Å². The standard InChI is InChI=1S/C23H24N4O/c28-23(12-11-16-6-1-2-7-17(16)14-23)15-25-21-18-8-5-10-19(18)26-22(27-21)20-9-3-4-13-24-20/h1-4,6-7,9,13,28H,5,8,10-12,14-15H2,(H,25,26,27). The lowest BCUT2D eigenvalue weighted by molar-refractivity contribution is 0.0395. The van der Waals surface area contributed by atoms with E-state index in [-0.39, 0.29) is 0 Å². The molecule has 1 unspecified atom stereocenters. The number of hydrogen-bond donors (Lipinski definition) is 2. The van der Waals surface area contributed by atoms with Crippen molar-refractivity contribution in [1.29, 1.82) is 0 Å². The summed E-state index contributed by atoms with van der Waals surface area (Å²) in [4.78, 5) is 13.9. The molecule has 0 spiro atoms. The van der Waals surface area contributed by atoms with Crippen molar-refractivity contribution in [3.8, 4) is 11.5 Å². The van der Waals surface area contributed by atoms with Crippen molar-refractivity contribution in [3.05, 3.63) is 71.0 Å². The molecule has 0 fully saturated rings. The van der Waals surface area contributed by atoms with E-state index in [1.54, 1.807) is 6.20 Å². The number of fused-ring (bicyclic) bond motifs is 2. The molecule has 5 nitrogen and oxygen atoms in total. The maximum atomic E-state index is 11.2. The predicted octanol–water partition coefficient (Wildman–Crippen LogP) is 3.36. The molecule has 2 heterocycles. The Bertz CT molecular complexity index is 1000. The van der Waals surface area contributed by atoms with Gasteiger partial charge in [-0.05, 0) is 55.4 Å². The summed E-state index contributed by atoms with van der Waals surface area (Å²) in [5.74, 6) is 1.51. The van der Waals surface area contributed by atoms with Crippen LogP contribution in [0.3, 0.4) is 0 Å². The van der Waals surface area contributed by atoms with Crippen LogP contribution in [0.15, 0.2) is 48.7 Å². The van der Waals surface area contributed by atoms with E-state index in [0.717, 1.165) is 49.3 Å². The minimum Gasteiger partial charge on any atom is -0.388 e. The highest BCUT2D eigenvalue weighted by Gasteiger charge is 2.32. The summed E-state index contributed by atoms with van der Waals surface area (Å²) >= 11 is 0. The van der Waals surface area contributed by atoms with Gasteiger partial charge in [0.15, 0.2) is 5.82 Å². The number of anilines is 1. The van der Waals surface area contributed by atoms with Gasteiger partial charge in [0.2, 0.25) is 0 Å². The summed E-state index contributed by atoms with van der Waals surface area (Å²) in [5, 5.41) is 14.7. The van der Waals surface area contributed by atoms with Gasteiger partial charge < -0.3 is 10.4 Å². The molecule has 2 aromatic heterocycles. The number of benzene rings is 1. The number of hydrogen-bond acceptors (Lipinski definition) is 5. The molecular formula is C23H24N4O. The monoisotopic (exact) mass is 372 g/mol. The Morgan fingerprint density at radius 2 is 1.82 bits per heavy atom. The van der Waals surface area contributed by atoms with Crippen LogP contribution >= 0.6 is 0 Å². The molecule has 2 aliphatic rings. The molecule has 5 rings (SSSR count). The largest absolute Gasteiger partial charge is 0.388 e. The Morgan fingerprint density at radius 1 is 0.964 bits per heavy atom. The van der Waals surface area contributed by atoms with Gasteiger partial charge in [0, 0.05) is 30.4 Å². The Morgan fingerprint density at radius 3 is 2.68 bits per heavy atom. The van der Waals surface area contributed by atoms with Gasteiger partial charge in [-0.25, -0.2) is 9.97 Å². The van der Waals surface area contributed by atoms with Crippen molar-refractivity contribution < 1.29 is 5.11 Å². The molecule has 2 N–H and O–H groups in total. The summed E-state index contributed by atoms with van der Waals surface area (Å²) < 4.78 is 0. The van der Waals surface area contributed by atoms with Crippen LogP contribution in [0.2, 0.25) is 0 Å². The van der Waals surface area contributed by atoms with Crippen LogP contribution in [0.4, 0.5) is 5.82 Å². The van der Waals surface area contributed by atoms with Gasteiger partial charge in [-0.2, -0.15) is 0 Å². The highest BCUT2D eigenvalue weighted by Crippen LogP contribution is 2.32. The smallest absolute Gasteiger partial charge is 0.180 e. The maximum Gasteiger partial charge on any atom is 0.180 e. The number of aryl methyl sites for hydroxylation is 2. The predicted molar refractivity (Wildman–Crippen MR) is 109 cm³/mol. The number of nitrogens with zero attached hydrogens (tertiary/aromatic N) is 3. The Balaban J connectivity index is 1.40. The molecule has 3 aromatic rings. The lowest BCUT2D eigenvalue weighted by Gasteiger charge is -2.34. The Labute approximate surface area is 164 Å². The second-order valence-corrected chi connectivity index (χ2v) is 7.91. The molecule has 142 valence electrons. The first-order chi connectivity index (χ1) is 13.7. The average Bonchev–Trinajstić information content (AvgIpc) is 3.21. The first-order valence-corrected chi connectivity index (χ1v) is 10.0. The van der Waals surface area contributed by atoms with Crippen LogP contribution in [0.25, 0.3) is 11.5 Å². The van der Waals surface area contributed by atoms with Crippen LogP contribution in [0.5, 0.6) is 0 Å². The molecule has 0 radical (unpaired) electrons. The number of rotatable bonds is 4. The minimum atomic E-state index is -0.754. The Kier molecular flexibility index (Phi) is 4.32. The van der Waals surface area contributed by atoms with Crippen LogP contribution < -0.4 is 5.32 Å². The molecule has 0 saturated heterocycles. The highest BCUT2D eigenvalue weighted by atomic mass is 16.3. The molecule has 0 saturated carbocycles. The quantitative estimate of drug-likeness (QED) is 0.735. The summed E-state index contributed by atoms with van der Waals surface area (Å²) in [7, 11) is 0. The summed E-state index contributed by atoms with van der Waals surface area (Å²) in [6, 6.07) is 14.2. The molecule has 0 aliphatic heterocycles. The van der Waals surface area contributed by atoms with E-state index in [1.165, 1.54) is 16.7 Å². The molecule has 0 bridgehead atoms. The molecule has 1 atom stereocenters. The van der Waals surface area contributed by atoms with Crippen molar-refractivity contribution in [2.45, 2.75) is 44.1 Å². The van der Waals surface area contributed by atoms with Gasteiger partial charge >= 0.3 is 0 Å². The van der Waals surface area contributed by atoms with E-state index in [1.807, 2.05) is 18.2 Å². The second-order valence-electron chi connectivity index (χ2n) is 7.91. The van der Waals surface area contributed by atoms with Gasteiger partial charge in [0.05, 0.1) is 5.60 Å². The third-order valence-electron chi connectivity index (χ3n) is 5.91. The maximum absolute atomic E-state index is 11.2. The van der Waals surface area contributed by atoms with Gasteiger partial charge in [0.1, 0.15) is 11.5 Å². The van der Waals surface area contributed by atoms with Crippen molar-refractivity contribution >= 4 is 5.82 Å². The average molecular weight is 372 g/mol. The molecular weight excluding hydrogens is 348 g/mol. The molecule has 5 heteroatoms. The molecule has 0 amide bonds. The number of aliphatic hydroxyl groups is 1. The number of nitrogens with one attached hydrogen (secondary N) is 1. The van der Waals surface area contributed by atoms with Gasteiger partial charge in [-0.15, -0.1) is 0 Å². The zero-order valence-corrected chi connectivity index (χ0v) is 15.9. The van der Waals surface area contributed by atoms with E-state index in [2.05, 4.69) is 34.6 Å². The third kappa shape index (κ3) is 3.27. The fourth-order valence-corrected chi connectivity index (χ4v) is 4.37. The van der Waals surface area contributed by atoms with Crippen LogP contribution in [0.1, 0.15) is 35.2 Å². The SMILES string of the molecule is OC1(CNc2nc(-c3ccccn3)nc3c2CCC3)CCc2ccccc2C1. The van der Waals surface area contributed by atoms with Crippen LogP contribution in [-0.2, 0) is 25.7 Å². The molecule has 28 heavy (non-hydrogen) atoms. The van der Waals surface area contributed by atoms with Gasteiger partial charge in [0.25, 0.3) is 0 Å². The number of pyridine rings is 1. The zero-order chi connectivity index (χ0) is 19.0. The lowest BCUT2D eigenvalue weighted by atomic mass is 9.80. The molecule has 2 aliphatic carbocycles. The van der Waals surface area contributed by atoms with Crippen molar-refractivity contribution in [3.63, 3.8) is 0 Å². The first kappa shape index (κ1) is 17.3. The molecule has 1 aromatic carbocycles. The third-order valence-corrected chi connectivity index (χ3v) is 5.91. The van der Waals surface area contributed by atoms with Crippen molar-refractivity contribution in [2.24, 2.45) is 0 Å². The van der Waals surface area contributed by atoms with E-state index in [9.17, 15) is 5.11 Å². The second kappa shape index (κ2) is 6.99. The fourth-order valence-electron chi connectivity index (χ4n) is 4.37. The number of aromatic nitrogens is 3. The topological polar surface area (TPSA) is 70.9 Å².